The van der Waals surface area contributed by atoms with Crippen LogP contribution in [0.1, 0.15) is 21.5 Å². The van der Waals surface area contributed by atoms with Crippen molar-refractivity contribution >= 4 is 17.2 Å². The van der Waals surface area contributed by atoms with Gasteiger partial charge in [0.1, 0.15) is 12.1 Å². The van der Waals surface area contributed by atoms with Crippen LogP contribution in [0, 0.1) is 12.7 Å². The molecule has 2 aromatic carbocycles. The van der Waals surface area contributed by atoms with Crippen LogP contribution in [-0.4, -0.2) is 22.8 Å². The molecule has 0 radical (unpaired) electrons. The fourth-order valence-corrected chi connectivity index (χ4v) is 2.65. The normalized spacial score (nSPS) is 10.5. The highest BCUT2D eigenvalue weighted by molar-refractivity contribution is 5.97. The summed E-state index contributed by atoms with van der Waals surface area (Å²) in [6.07, 6.45) is 4.88. The van der Waals surface area contributed by atoms with Crippen molar-refractivity contribution in [1.82, 2.24) is 9.97 Å². The molecule has 0 aliphatic heterocycles. The van der Waals surface area contributed by atoms with E-state index < -0.39 is 0 Å². The maximum atomic E-state index is 14.1. The molecule has 0 unspecified atom stereocenters. The van der Waals surface area contributed by atoms with E-state index in [0.717, 1.165) is 11.3 Å². The molecular weight excluding hydrogens is 317 g/mol. The summed E-state index contributed by atoms with van der Waals surface area (Å²) in [5.74, 6) is -0.417. The third-order valence-electron chi connectivity index (χ3n) is 3.97. The molecule has 5 heteroatoms. The number of ketones is 1. The van der Waals surface area contributed by atoms with E-state index in [-0.39, 0.29) is 18.0 Å². The van der Waals surface area contributed by atoms with Gasteiger partial charge in [-0.2, -0.15) is 0 Å². The second-order valence-electron chi connectivity index (χ2n) is 5.94. The zero-order valence-electron chi connectivity index (χ0n) is 14.1. The van der Waals surface area contributed by atoms with Gasteiger partial charge < -0.3 is 4.90 Å². The molecule has 0 aliphatic carbocycles. The third-order valence-corrected chi connectivity index (χ3v) is 3.97. The van der Waals surface area contributed by atoms with Crippen LogP contribution in [0.25, 0.3) is 0 Å². The molecule has 1 aromatic heterocycles. The molecule has 0 spiro atoms. The number of Topliss-reactive ketones (excluding diaryl/α,β-unsaturated/α-hetero) is 1. The van der Waals surface area contributed by atoms with Gasteiger partial charge in [0.05, 0.1) is 18.1 Å². The largest absolute Gasteiger partial charge is 0.342 e. The second-order valence-corrected chi connectivity index (χ2v) is 5.94. The topological polar surface area (TPSA) is 46.1 Å². The van der Waals surface area contributed by atoms with Gasteiger partial charge in [-0.05, 0) is 36.8 Å². The minimum absolute atomic E-state index is 0.0362. The van der Waals surface area contributed by atoms with Gasteiger partial charge in [-0.3, -0.25) is 4.79 Å². The summed E-state index contributed by atoms with van der Waals surface area (Å²) in [6, 6.07) is 12.0. The van der Waals surface area contributed by atoms with Crippen molar-refractivity contribution in [1.29, 1.82) is 0 Å². The fraction of sp³-hybridized carbons (Fsp3) is 0.150. The zero-order valence-corrected chi connectivity index (χ0v) is 14.1. The number of aromatic nitrogens is 2. The number of hydrogen-bond acceptors (Lipinski definition) is 4. The lowest BCUT2D eigenvalue weighted by Gasteiger charge is -2.19. The van der Waals surface area contributed by atoms with Crippen LogP contribution in [0.5, 0.6) is 0 Å². The Kier molecular flexibility index (Phi) is 4.84. The molecule has 0 fully saturated rings. The van der Waals surface area contributed by atoms with Crippen LogP contribution in [0.4, 0.5) is 15.8 Å². The van der Waals surface area contributed by atoms with Crippen LogP contribution in [0.15, 0.2) is 61.2 Å². The zero-order chi connectivity index (χ0) is 17.8. The standard InChI is InChI=1S/C20H18FN3O/c1-14-4-3-5-16(6-14)20(25)9-15-7-17(21)10-18(8-15)24(2)19-11-22-13-23-12-19/h3-8,10-13H,9H2,1-2H3. The highest BCUT2D eigenvalue weighted by atomic mass is 19.1. The Morgan fingerprint density at radius 2 is 1.84 bits per heavy atom. The number of anilines is 2. The highest BCUT2D eigenvalue weighted by Crippen LogP contribution is 2.25. The van der Waals surface area contributed by atoms with Crippen LogP contribution in [0.2, 0.25) is 0 Å². The second kappa shape index (κ2) is 7.21. The number of aryl methyl sites for hydroxylation is 1. The van der Waals surface area contributed by atoms with E-state index in [1.165, 1.54) is 18.5 Å². The molecular formula is C20H18FN3O. The first-order valence-electron chi connectivity index (χ1n) is 7.91. The summed E-state index contributed by atoms with van der Waals surface area (Å²) in [7, 11) is 1.81. The number of halogens is 1. The molecule has 0 N–H and O–H groups in total. The van der Waals surface area contributed by atoms with Gasteiger partial charge in [0.25, 0.3) is 0 Å². The molecule has 0 saturated heterocycles. The number of hydrogen-bond donors (Lipinski definition) is 0. The summed E-state index contributed by atoms with van der Waals surface area (Å²) in [6.45, 7) is 1.94. The van der Waals surface area contributed by atoms with Gasteiger partial charge in [-0.25, -0.2) is 14.4 Å². The minimum Gasteiger partial charge on any atom is -0.342 e. The lowest BCUT2D eigenvalue weighted by Crippen LogP contribution is -2.11. The minimum atomic E-state index is -0.381. The molecule has 3 aromatic rings. The molecule has 0 atom stereocenters. The van der Waals surface area contributed by atoms with Crippen molar-refractivity contribution in [3.63, 3.8) is 0 Å². The summed E-state index contributed by atoms with van der Waals surface area (Å²) in [4.78, 5) is 22.2. The van der Waals surface area contributed by atoms with E-state index in [2.05, 4.69) is 9.97 Å². The first-order valence-corrected chi connectivity index (χ1v) is 7.91. The van der Waals surface area contributed by atoms with Crippen LogP contribution in [0.3, 0.4) is 0 Å². The van der Waals surface area contributed by atoms with E-state index in [1.54, 1.807) is 30.4 Å². The Labute approximate surface area is 146 Å². The number of carbonyl (C=O) groups is 1. The highest BCUT2D eigenvalue weighted by Gasteiger charge is 2.12. The first kappa shape index (κ1) is 16.8. The maximum Gasteiger partial charge on any atom is 0.167 e. The number of rotatable bonds is 5. The fourth-order valence-electron chi connectivity index (χ4n) is 2.65. The lowest BCUT2D eigenvalue weighted by atomic mass is 10.0. The molecule has 3 rings (SSSR count). The van der Waals surface area contributed by atoms with Gasteiger partial charge in [0, 0.05) is 24.7 Å². The average Bonchev–Trinajstić information content (AvgIpc) is 2.61. The van der Waals surface area contributed by atoms with Crippen molar-refractivity contribution in [3.05, 3.63) is 83.7 Å². The molecule has 4 nitrogen and oxygen atoms in total. The van der Waals surface area contributed by atoms with Crippen molar-refractivity contribution < 1.29 is 9.18 Å². The summed E-state index contributed by atoms with van der Waals surface area (Å²) >= 11 is 0. The lowest BCUT2D eigenvalue weighted by molar-refractivity contribution is 0.0993. The Balaban J connectivity index is 1.85. The van der Waals surface area contributed by atoms with E-state index in [9.17, 15) is 9.18 Å². The summed E-state index contributed by atoms with van der Waals surface area (Å²) < 4.78 is 14.1. The summed E-state index contributed by atoms with van der Waals surface area (Å²) in [5.41, 5.74) is 3.67. The first-order chi connectivity index (χ1) is 12.0. The van der Waals surface area contributed by atoms with Crippen molar-refractivity contribution in [2.75, 3.05) is 11.9 Å². The number of benzene rings is 2. The smallest absolute Gasteiger partial charge is 0.167 e. The SMILES string of the molecule is Cc1cccc(C(=O)Cc2cc(F)cc(N(C)c3cncnc3)c2)c1. The Morgan fingerprint density at radius 3 is 2.56 bits per heavy atom. The van der Waals surface area contributed by atoms with Crippen molar-refractivity contribution in [2.24, 2.45) is 0 Å². The van der Waals surface area contributed by atoms with Crippen molar-refractivity contribution in [2.45, 2.75) is 13.3 Å². The molecule has 126 valence electrons. The van der Waals surface area contributed by atoms with Gasteiger partial charge in [0.15, 0.2) is 5.78 Å². The van der Waals surface area contributed by atoms with Gasteiger partial charge in [0.2, 0.25) is 0 Å². The quantitative estimate of drug-likeness (QED) is 0.658. The van der Waals surface area contributed by atoms with E-state index in [1.807, 2.05) is 31.2 Å². The van der Waals surface area contributed by atoms with Gasteiger partial charge >= 0.3 is 0 Å². The summed E-state index contributed by atoms with van der Waals surface area (Å²) in [5, 5.41) is 0. The maximum absolute atomic E-state index is 14.1. The van der Waals surface area contributed by atoms with Gasteiger partial charge in [-0.15, -0.1) is 0 Å². The van der Waals surface area contributed by atoms with E-state index in [0.29, 0.717) is 16.8 Å². The molecule has 0 aliphatic rings. The molecule has 0 saturated carbocycles. The van der Waals surface area contributed by atoms with Gasteiger partial charge in [-0.1, -0.05) is 23.8 Å². The average molecular weight is 335 g/mol. The van der Waals surface area contributed by atoms with Crippen LogP contribution in [-0.2, 0) is 6.42 Å². The number of nitrogens with zero attached hydrogens (tertiary/aromatic N) is 3. The molecule has 25 heavy (non-hydrogen) atoms. The van der Waals surface area contributed by atoms with Crippen LogP contribution >= 0.6 is 0 Å². The van der Waals surface area contributed by atoms with E-state index >= 15 is 0 Å². The predicted molar refractivity (Wildman–Crippen MR) is 95.7 cm³/mol. The Morgan fingerprint density at radius 1 is 1.08 bits per heavy atom. The number of carbonyl (C=O) groups excluding carboxylic acids is 1. The molecule has 1 heterocycles. The van der Waals surface area contributed by atoms with E-state index in [4.69, 9.17) is 0 Å². The Bertz CT molecular complexity index is 896. The predicted octanol–water partition coefficient (Wildman–Crippen LogP) is 4.12. The molecule has 0 bridgehead atoms. The third kappa shape index (κ3) is 4.07. The Hall–Kier alpha value is -3.08. The molecule has 0 amide bonds. The van der Waals surface area contributed by atoms with Crippen molar-refractivity contribution in [3.8, 4) is 0 Å². The van der Waals surface area contributed by atoms with Crippen LogP contribution < -0.4 is 4.90 Å². The monoisotopic (exact) mass is 335 g/mol.